The molecule has 0 saturated heterocycles. The van der Waals surface area contributed by atoms with E-state index in [1.807, 2.05) is 19.3 Å². The molecule has 0 atom stereocenters. The number of nitrogens with zero attached hydrogens (tertiary/aromatic N) is 4. The van der Waals surface area contributed by atoms with Gasteiger partial charge in [0, 0.05) is 24.4 Å². The summed E-state index contributed by atoms with van der Waals surface area (Å²) in [6.45, 7) is 2.63. The molecular weight excluding hydrogens is 214 g/mol. The highest BCUT2D eigenvalue weighted by atomic mass is 15.3. The molecule has 0 amide bonds. The standard InChI is InChI=1S/C12H17N5/c1-9-6-14-11-15-10(16-17(11)7-9)12(8-13)4-2-3-5-12/h6-7H,2-5,8,13H2,1H3. The van der Waals surface area contributed by atoms with Crippen molar-refractivity contribution in [3.8, 4) is 0 Å². The Kier molecular flexibility index (Phi) is 2.36. The van der Waals surface area contributed by atoms with Crippen molar-refractivity contribution < 1.29 is 0 Å². The number of aromatic nitrogens is 4. The summed E-state index contributed by atoms with van der Waals surface area (Å²) in [4.78, 5) is 8.83. The molecule has 0 aromatic carbocycles. The van der Waals surface area contributed by atoms with Crippen molar-refractivity contribution in [3.63, 3.8) is 0 Å². The Labute approximate surface area is 100 Å². The Morgan fingerprint density at radius 1 is 1.41 bits per heavy atom. The maximum Gasteiger partial charge on any atom is 0.252 e. The van der Waals surface area contributed by atoms with Crippen molar-refractivity contribution in [3.05, 3.63) is 23.8 Å². The second-order valence-electron chi connectivity index (χ2n) is 5.00. The third-order valence-electron chi connectivity index (χ3n) is 3.75. The van der Waals surface area contributed by atoms with Gasteiger partial charge in [-0.3, -0.25) is 0 Å². The Morgan fingerprint density at radius 2 is 2.18 bits per heavy atom. The molecule has 0 spiro atoms. The van der Waals surface area contributed by atoms with E-state index >= 15 is 0 Å². The molecule has 0 radical (unpaired) electrons. The van der Waals surface area contributed by atoms with Gasteiger partial charge in [0.1, 0.15) is 0 Å². The minimum absolute atomic E-state index is 0.0123. The fourth-order valence-corrected chi connectivity index (χ4v) is 2.67. The molecule has 0 aliphatic heterocycles. The number of hydrogen-bond acceptors (Lipinski definition) is 4. The zero-order chi connectivity index (χ0) is 11.9. The minimum Gasteiger partial charge on any atom is -0.329 e. The van der Waals surface area contributed by atoms with Gasteiger partial charge >= 0.3 is 0 Å². The molecule has 2 heterocycles. The number of hydrogen-bond donors (Lipinski definition) is 1. The van der Waals surface area contributed by atoms with E-state index in [1.54, 1.807) is 4.52 Å². The summed E-state index contributed by atoms with van der Waals surface area (Å²) >= 11 is 0. The molecule has 0 unspecified atom stereocenters. The first-order valence-corrected chi connectivity index (χ1v) is 6.13. The van der Waals surface area contributed by atoms with Crippen molar-refractivity contribution in [1.82, 2.24) is 19.6 Å². The lowest BCUT2D eigenvalue weighted by atomic mass is 9.85. The van der Waals surface area contributed by atoms with Crippen molar-refractivity contribution >= 4 is 5.78 Å². The molecule has 90 valence electrons. The van der Waals surface area contributed by atoms with Crippen molar-refractivity contribution in [2.75, 3.05) is 6.54 Å². The molecular formula is C12H17N5. The van der Waals surface area contributed by atoms with Crippen LogP contribution in [0, 0.1) is 6.92 Å². The van der Waals surface area contributed by atoms with Gasteiger partial charge in [-0.05, 0) is 25.3 Å². The van der Waals surface area contributed by atoms with Gasteiger partial charge < -0.3 is 5.73 Å². The molecule has 5 nitrogen and oxygen atoms in total. The Hall–Kier alpha value is -1.49. The summed E-state index contributed by atoms with van der Waals surface area (Å²) in [5.41, 5.74) is 7.02. The smallest absolute Gasteiger partial charge is 0.252 e. The quantitative estimate of drug-likeness (QED) is 0.843. The molecule has 3 rings (SSSR count). The van der Waals surface area contributed by atoms with Crippen LogP contribution in [0.15, 0.2) is 12.4 Å². The van der Waals surface area contributed by atoms with Crippen LogP contribution in [0.5, 0.6) is 0 Å². The summed E-state index contributed by atoms with van der Waals surface area (Å²) in [6, 6.07) is 0. The topological polar surface area (TPSA) is 69.1 Å². The first-order valence-electron chi connectivity index (χ1n) is 6.13. The van der Waals surface area contributed by atoms with Gasteiger partial charge in [0.2, 0.25) is 0 Å². The maximum absolute atomic E-state index is 5.94. The van der Waals surface area contributed by atoms with Crippen molar-refractivity contribution in [2.24, 2.45) is 5.73 Å². The van der Waals surface area contributed by atoms with Crippen LogP contribution >= 0.6 is 0 Å². The zero-order valence-electron chi connectivity index (χ0n) is 10.1. The molecule has 2 N–H and O–H groups in total. The molecule has 1 aliphatic rings. The van der Waals surface area contributed by atoms with E-state index in [0.29, 0.717) is 12.3 Å². The fraction of sp³-hybridized carbons (Fsp3) is 0.583. The fourth-order valence-electron chi connectivity index (χ4n) is 2.67. The predicted octanol–water partition coefficient (Wildman–Crippen LogP) is 1.20. The van der Waals surface area contributed by atoms with Crippen LogP contribution in [0.25, 0.3) is 5.78 Å². The molecule has 17 heavy (non-hydrogen) atoms. The molecule has 1 fully saturated rings. The predicted molar refractivity (Wildman–Crippen MR) is 64.7 cm³/mol. The SMILES string of the molecule is Cc1cnc2nc(C3(CN)CCCC3)nn2c1. The van der Waals surface area contributed by atoms with E-state index in [4.69, 9.17) is 5.73 Å². The van der Waals surface area contributed by atoms with E-state index in [1.165, 1.54) is 12.8 Å². The summed E-state index contributed by atoms with van der Waals surface area (Å²) in [5.74, 6) is 1.54. The van der Waals surface area contributed by atoms with Gasteiger partial charge in [-0.1, -0.05) is 12.8 Å². The molecule has 5 heteroatoms. The second-order valence-corrected chi connectivity index (χ2v) is 5.00. The van der Waals surface area contributed by atoms with Crippen LogP contribution in [0.3, 0.4) is 0 Å². The van der Waals surface area contributed by atoms with Crippen molar-refractivity contribution in [1.29, 1.82) is 0 Å². The van der Waals surface area contributed by atoms with E-state index in [-0.39, 0.29) is 5.41 Å². The van der Waals surface area contributed by atoms with Crippen LogP contribution in [0.4, 0.5) is 0 Å². The average molecular weight is 231 g/mol. The van der Waals surface area contributed by atoms with Crippen LogP contribution in [0.2, 0.25) is 0 Å². The van der Waals surface area contributed by atoms with Gasteiger partial charge in [0.25, 0.3) is 5.78 Å². The Balaban J connectivity index is 2.11. The Bertz CT molecular complexity index is 539. The van der Waals surface area contributed by atoms with E-state index < -0.39 is 0 Å². The largest absolute Gasteiger partial charge is 0.329 e. The Morgan fingerprint density at radius 3 is 2.88 bits per heavy atom. The monoisotopic (exact) mass is 231 g/mol. The summed E-state index contributed by atoms with van der Waals surface area (Å²) < 4.78 is 1.76. The van der Waals surface area contributed by atoms with Crippen LogP contribution < -0.4 is 5.73 Å². The number of fused-ring (bicyclic) bond motifs is 1. The second kappa shape index (κ2) is 3.77. The van der Waals surface area contributed by atoms with Gasteiger partial charge in [-0.25, -0.2) is 9.50 Å². The van der Waals surface area contributed by atoms with Gasteiger partial charge in [0.15, 0.2) is 5.82 Å². The van der Waals surface area contributed by atoms with Gasteiger partial charge in [0.05, 0.1) is 0 Å². The third-order valence-corrected chi connectivity index (χ3v) is 3.75. The number of aryl methyl sites for hydroxylation is 1. The minimum atomic E-state index is -0.0123. The normalized spacial score (nSPS) is 18.9. The molecule has 1 aliphatic carbocycles. The summed E-state index contributed by atoms with van der Waals surface area (Å²) in [5, 5.41) is 4.56. The first kappa shape index (κ1) is 10.7. The molecule has 1 saturated carbocycles. The lowest BCUT2D eigenvalue weighted by molar-refractivity contribution is 0.425. The zero-order valence-corrected chi connectivity index (χ0v) is 10.1. The molecule has 0 bridgehead atoms. The molecule has 2 aromatic heterocycles. The summed E-state index contributed by atoms with van der Waals surface area (Å²) in [6.07, 6.45) is 8.41. The van der Waals surface area contributed by atoms with Crippen molar-refractivity contribution in [2.45, 2.75) is 38.0 Å². The number of rotatable bonds is 2. The maximum atomic E-state index is 5.94. The van der Waals surface area contributed by atoms with Crippen LogP contribution in [-0.2, 0) is 5.41 Å². The highest BCUT2D eigenvalue weighted by Gasteiger charge is 2.38. The highest BCUT2D eigenvalue weighted by molar-refractivity contribution is 5.30. The average Bonchev–Trinajstić information content (AvgIpc) is 2.94. The van der Waals surface area contributed by atoms with E-state index in [0.717, 1.165) is 24.2 Å². The van der Waals surface area contributed by atoms with Gasteiger partial charge in [-0.15, -0.1) is 5.10 Å². The third kappa shape index (κ3) is 1.61. The van der Waals surface area contributed by atoms with E-state index in [9.17, 15) is 0 Å². The van der Waals surface area contributed by atoms with Gasteiger partial charge in [-0.2, -0.15) is 4.98 Å². The highest BCUT2D eigenvalue weighted by Crippen LogP contribution is 2.38. The molecule has 2 aromatic rings. The number of nitrogens with two attached hydrogens (primary N) is 1. The van der Waals surface area contributed by atoms with Crippen LogP contribution in [0.1, 0.15) is 37.1 Å². The lowest BCUT2D eigenvalue weighted by Crippen LogP contribution is -2.33. The summed E-state index contributed by atoms with van der Waals surface area (Å²) in [7, 11) is 0. The first-order chi connectivity index (χ1) is 8.23. The van der Waals surface area contributed by atoms with Crippen LogP contribution in [-0.4, -0.2) is 26.1 Å². The lowest BCUT2D eigenvalue weighted by Gasteiger charge is -2.22. The van der Waals surface area contributed by atoms with E-state index in [2.05, 4.69) is 15.1 Å².